The Kier molecular flexibility index (Phi) is 11.5. The summed E-state index contributed by atoms with van der Waals surface area (Å²) in [7, 11) is 3.40. The summed E-state index contributed by atoms with van der Waals surface area (Å²) in [5.41, 5.74) is 18.6. The van der Waals surface area contributed by atoms with Crippen molar-refractivity contribution < 1.29 is 37.3 Å². The molecule has 4 aliphatic rings. The Bertz CT molecular complexity index is 2410. The summed E-state index contributed by atoms with van der Waals surface area (Å²) in [5, 5.41) is 0. The SMILES string of the molecule is COCC[C@@]1(C)OCc2c(N3CCOC[C@@H]3C)nc(-c3ccc4nc(N)oc4c3)nc21.COCC[C@]1(C)OCc2c(N3CCOC[C@@H]3C)nc(-c3ccc4nc(N)oc4c3)nc21. The number of ether oxygens (including phenoxy) is 6. The molecule has 4 aliphatic heterocycles. The number of oxazole rings is 2. The van der Waals surface area contributed by atoms with E-state index in [2.05, 4.69) is 47.5 Å². The summed E-state index contributed by atoms with van der Waals surface area (Å²) in [5.74, 6) is 3.07. The molecule has 10 rings (SSSR count). The van der Waals surface area contributed by atoms with E-state index in [1.165, 1.54) is 0 Å². The van der Waals surface area contributed by atoms with Crippen LogP contribution in [0.5, 0.6) is 0 Å². The molecule has 18 nitrogen and oxygen atoms in total. The van der Waals surface area contributed by atoms with Gasteiger partial charge >= 0.3 is 0 Å². The Labute approximate surface area is 359 Å². The van der Waals surface area contributed by atoms with Crippen LogP contribution in [0.3, 0.4) is 0 Å². The molecule has 4 aromatic heterocycles. The zero-order valence-electron chi connectivity index (χ0n) is 36.1. The van der Waals surface area contributed by atoms with Crippen molar-refractivity contribution in [3.05, 3.63) is 58.9 Å². The zero-order chi connectivity index (χ0) is 43.2. The number of hydrogen-bond donors (Lipinski definition) is 2. The van der Waals surface area contributed by atoms with E-state index in [9.17, 15) is 0 Å². The number of hydrogen-bond acceptors (Lipinski definition) is 18. The van der Waals surface area contributed by atoms with Gasteiger partial charge in [-0.15, -0.1) is 0 Å². The molecule has 8 heterocycles. The molecule has 0 saturated carbocycles. The number of nitrogens with zero attached hydrogens (tertiary/aromatic N) is 8. The quantitative estimate of drug-likeness (QED) is 0.168. The van der Waals surface area contributed by atoms with Crippen molar-refractivity contribution in [2.24, 2.45) is 0 Å². The summed E-state index contributed by atoms with van der Waals surface area (Å²) in [6.45, 7) is 14.8. The van der Waals surface area contributed by atoms with Gasteiger partial charge in [0.1, 0.15) is 33.9 Å². The Hall–Kier alpha value is -5.50. The average molecular weight is 851 g/mol. The number of aromatic nitrogens is 6. The van der Waals surface area contributed by atoms with Gasteiger partial charge in [0, 0.05) is 75.6 Å². The molecule has 62 heavy (non-hydrogen) atoms. The summed E-state index contributed by atoms with van der Waals surface area (Å²) in [4.78, 5) is 32.9. The van der Waals surface area contributed by atoms with E-state index in [0.717, 1.165) is 58.4 Å². The van der Waals surface area contributed by atoms with Crippen molar-refractivity contribution in [3.63, 3.8) is 0 Å². The van der Waals surface area contributed by atoms with Gasteiger partial charge in [-0.2, -0.15) is 9.97 Å². The normalized spacial score (nSPS) is 23.5. The summed E-state index contributed by atoms with van der Waals surface area (Å²) >= 11 is 0. The highest BCUT2D eigenvalue weighted by Crippen LogP contribution is 2.44. The average Bonchev–Trinajstić information content (AvgIpc) is 4.03. The molecule has 6 aromatic rings. The third kappa shape index (κ3) is 7.90. The molecule has 2 saturated heterocycles. The van der Waals surface area contributed by atoms with Crippen molar-refractivity contribution in [2.75, 3.05) is 88.2 Å². The molecule has 0 aliphatic carbocycles. The number of nitrogen functional groups attached to an aromatic ring is 2. The van der Waals surface area contributed by atoms with Gasteiger partial charge < -0.3 is 58.5 Å². The van der Waals surface area contributed by atoms with Crippen molar-refractivity contribution in [2.45, 2.75) is 77.0 Å². The van der Waals surface area contributed by atoms with Gasteiger partial charge in [-0.1, -0.05) is 0 Å². The van der Waals surface area contributed by atoms with Crippen molar-refractivity contribution >= 4 is 45.9 Å². The molecule has 4 atom stereocenters. The molecule has 328 valence electrons. The maximum Gasteiger partial charge on any atom is 0.292 e. The maximum atomic E-state index is 6.26. The number of anilines is 4. The minimum Gasteiger partial charge on any atom is -0.424 e. The molecule has 18 heteroatoms. The fraction of sp³-hybridized carbons (Fsp3) is 0.500. The number of rotatable bonds is 10. The van der Waals surface area contributed by atoms with E-state index >= 15 is 0 Å². The standard InChI is InChI=1S/2C22H27N5O4/c2*1-13-11-29-9-7-27(13)20-15-12-30-22(2,6-8-28-3)18(15)25-19(26-20)14-4-5-16-17(10-14)31-21(23)24-16/h2*4-5,10,13H,6-9,11-12H2,1-3H3,(H2,23,24)/t13-,22+;13-,22-/m00/s1. The molecular weight excluding hydrogens is 797 g/mol. The number of morpholine rings is 2. The second kappa shape index (κ2) is 17.0. The van der Waals surface area contributed by atoms with Crippen molar-refractivity contribution in [1.82, 2.24) is 29.9 Å². The molecule has 0 radical (unpaired) electrons. The van der Waals surface area contributed by atoms with Crippen LogP contribution in [0, 0.1) is 0 Å². The fourth-order valence-electron chi connectivity index (χ4n) is 8.64. The first-order chi connectivity index (χ1) is 30.0. The van der Waals surface area contributed by atoms with Crippen molar-refractivity contribution in [3.8, 4) is 22.8 Å². The smallest absolute Gasteiger partial charge is 0.292 e. The predicted octanol–water partition coefficient (Wildman–Crippen LogP) is 5.75. The van der Waals surface area contributed by atoms with Crippen LogP contribution in [-0.4, -0.2) is 109 Å². The first-order valence-corrected chi connectivity index (χ1v) is 21.1. The number of benzene rings is 2. The number of fused-ring (bicyclic) bond motifs is 4. The first kappa shape index (κ1) is 41.8. The van der Waals surface area contributed by atoms with Crippen LogP contribution >= 0.6 is 0 Å². The maximum absolute atomic E-state index is 6.26. The molecule has 2 fully saturated rings. The Morgan fingerprint density at radius 2 is 1.08 bits per heavy atom. The predicted molar refractivity (Wildman–Crippen MR) is 231 cm³/mol. The highest BCUT2D eigenvalue weighted by atomic mass is 16.5. The van der Waals surface area contributed by atoms with E-state index in [-0.39, 0.29) is 24.1 Å². The van der Waals surface area contributed by atoms with Crippen LogP contribution in [0.4, 0.5) is 23.7 Å². The van der Waals surface area contributed by atoms with Crippen LogP contribution in [0.25, 0.3) is 45.0 Å². The molecule has 0 spiro atoms. The molecule has 2 aromatic carbocycles. The second-order valence-corrected chi connectivity index (χ2v) is 16.6. The second-order valence-electron chi connectivity index (χ2n) is 16.6. The minimum absolute atomic E-state index is 0.144. The van der Waals surface area contributed by atoms with Crippen LogP contribution in [0.2, 0.25) is 0 Å². The van der Waals surface area contributed by atoms with Gasteiger partial charge in [-0.25, -0.2) is 19.9 Å². The summed E-state index contributed by atoms with van der Waals surface area (Å²) in [6, 6.07) is 12.1. The van der Waals surface area contributed by atoms with Crippen LogP contribution in [-0.2, 0) is 52.8 Å². The number of methoxy groups -OCH3 is 2. The lowest BCUT2D eigenvalue weighted by molar-refractivity contribution is -0.0450. The Morgan fingerprint density at radius 3 is 1.48 bits per heavy atom. The third-order valence-electron chi connectivity index (χ3n) is 12.2. The fourth-order valence-corrected chi connectivity index (χ4v) is 8.64. The summed E-state index contributed by atoms with van der Waals surface area (Å²) in [6.07, 6.45) is 1.42. The zero-order valence-corrected chi connectivity index (χ0v) is 36.1. The first-order valence-electron chi connectivity index (χ1n) is 21.1. The third-order valence-corrected chi connectivity index (χ3v) is 12.2. The number of nitrogens with two attached hydrogens (primary N) is 2. The lowest BCUT2D eigenvalue weighted by atomic mass is 9.96. The van der Waals surface area contributed by atoms with Crippen LogP contribution in [0.1, 0.15) is 63.1 Å². The van der Waals surface area contributed by atoms with Gasteiger partial charge in [0.25, 0.3) is 12.0 Å². The monoisotopic (exact) mass is 850 g/mol. The molecule has 0 unspecified atom stereocenters. The lowest BCUT2D eigenvalue weighted by Crippen LogP contribution is -2.44. The van der Waals surface area contributed by atoms with Gasteiger partial charge in [0.2, 0.25) is 0 Å². The topological polar surface area (TPSA) is 218 Å². The lowest BCUT2D eigenvalue weighted by Gasteiger charge is -2.35. The van der Waals surface area contributed by atoms with Crippen LogP contribution in [0.15, 0.2) is 45.2 Å². The Morgan fingerprint density at radius 1 is 0.645 bits per heavy atom. The van der Waals surface area contributed by atoms with Gasteiger partial charge in [0.05, 0.1) is 63.1 Å². The van der Waals surface area contributed by atoms with Gasteiger partial charge in [-0.3, -0.25) is 0 Å². The van der Waals surface area contributed by atoms with Gasteiger partial charge in [-0.05, 0) is 64.1 Å². The molecular formula is C44H54N10O8. The largest absolute Gasteiger partial charge is 0.424 e. The highest BCUT2D eigenvalue weighted by molar-refractivity contribution is 5.81. The van der Waals surface area contributed by atoms with E-state index < -0.39 is 11.2 Å². The molecule has 0 amide bonds. The van der Waals surface area contributed by atoms with Gasteiger partial charge in [0.15, 0.2) is 22.8 Å². The summed E-state index contributed by atoms with van der Waals surface area (Å²) < 4.78 is 45.5. The van der Waals surface area contributed by atoms with Crippen LogP contribution < -0.4 is 21.3 Å². The van der Waals surface area contributed by atoms with E-state index in [0.29, 0.717) is 99.5 Å². The van der Waals surface area contributed by atoms with Crippen molar-refractivity contribution in [1.29, 1.82) is 0 Å². The van der Waals surface area contributed by atoms with E-state index in [1.54, 1.807) is 14.2 Å². The molecule has 0 bridgehead atoms. The van der Waals surface area contributed by atoms with E-state index in [1.807, 2.05) is 36.4 Å². The van der Waals surface area contributed by atoms with E-state index in [4.69, 9.17) is 68.7 Å². The Balaban J connectivity index is 0.000000158. The minimum atomic E-state index is -0.534. The molecule has 4 N–H and O–H groups in total. The highest BCUT2D eigenvalue weighted by Gasteiger charge is 2.43.